The molecule has 1 aliphatic heterocycles. The molecule has 0 spiro atoms. The van der Waals surface area contributed by atoms with E-state index in [1.165, 1.54) is 0 Å². The van der Waals surface area contributed by atoms with E-state index in [4.69, 9.17) is 4.74 Å². The number of fused-ring (bicyclic) bond motifs is 1. The standard InChI is InChI=1S/C21H26N6O2/c1-26-14-22-13-19(26)17-9-16-10-20(24-12-18(16)23-11-17)25-21(28)15-3-5-27(6-4-15)7-8-29-2/h9-15H,3-8H2,1-2H3,(H,24,25,28). The largest absolute Gasteiger partial charge is 0.383 e. The molecule has 0 atom stereocenters. The number of nitrogens with zero attached hydrogens (tertiary/aromatic N) is 5. The average Bonchev–Trinajstić information content (AvgIpc) is 3.18. The Bertz CT molecular complexity index is 994. The molecule has 1 saturated heterocycles. The molecule has 152 valence electrons. The summed E-state index contributed by atoms with van der Waals surface area (Å²) in [7, 11) is 3.66. The molecule has 1 fully saturated rings. The third-order valence-electron chi connectivity index (χ3n) is 5.50. The number of nitrogens with one attached hydrogen (secondary N) is 1. The van der Waals surface area contributed by atoms with Gasteiger partial charge in [-0.05, 0) is 38.1 Å². The Hall–Kier alpha value is -2.84. The van der Waals surface area contributed by atoms with Crippen molar-refractivity contribution in [3.8, 4) is 11.3 Å². The van der Waals surface area contributed by atoms with Gasteiger partial charge < -0.3 is 19.5 Å². The summed E-state index contributed by atoms with van der Waals surface area (Å²) in [4.78, 5) is 28.1. The van der Waals surface area contributed by atoms with Crippen LogP contribution in [0.15, 0.2) is 37.1 Å². The molecule has 0 bridgehead atoms. The zero-order valence-corrected chi connectivity index (χ0v) is 16.8. The Morgan fingerprint density at radius 1 is 1.21 bits per heavy atom. The number of rotatable bonds is 6. The molecule has 3 aromatic rings. The lowest BCUT2D eigenvalue weighted by Crippen LogP contribution is -2.39. The molecular weight excluding hydrogens is 368 g/mol. The van der Waals surface area contributed by atoms with Crippen LogP contribution in [-0.2, 0) is 16.6 Å². The van der Waals surface area contributed by atoms with Crippen LogP contribution in [0, 0.1) is 5.92 Å². The first-order chi connectivity index (χ1) is 14.1. The lowest BCUT2D eigenvalue weighted by atomic mass is 9.96. The zero-order chi connectivity index (χ0) is 20.2. The van der Waals surface area contributed by atoms with Gasteiger partial charge in [-0.3, -0.25) is 9.78 Å². The first kappa shape index (κ1) is 19.5. The van der Waals surface area contributed by atoms with Crippen molar-refractivity contribution in [2.45, 2.75) is 12.8 Å². The molecule has 0 unspecified atom stereocenters. The Labute approximate surface area is 169 Å². The normalized spacial score (nSPS) is 15.7. The summed E-state index contributed by atoms with van der Waals surface area (Å²) in [5.74, 6) is 0.623. The van der Waals surface area contributed by atoms with E-state index >= 15 is 0 Å². The monoisotopic (exact) mass is 394 g/mol. The Morgan fingerprint density at radius 3 is 2.76 bits per heavy atom. The maximum Gasteiger partial charge on any atom is 0.228 e. The minimum absolute atomic E-state index is 0.0187. The van der Waals surface area contributed by atoms with Crippen LogP contribution in [0.2, 0.25) is 0 Å². The van der Waals surface area contributed by atoms with Crippen molar-refractivity contribution in [2.24, 2.45) is 13.0 Å². The van der Waals surface area contributed by atoms with Gasteiger partial charge in [0.2, 0.25) is 5.91 Å². The number of amides is 1. The van der Waals surface area contributed by atoms with E-state index in [2.05, 4.69) is 25.2 Å². The molecule has 29 heavy (non-hydrogen) atoms. The zero-order valence-electron chi connectivity index (χ0n) is 16.8. The molecule has 0 radical (unpaired) electrons. The fourth-order valence-electron chi connectivity index (χ4n) is 3.74. The molecule has 1 amide bonds. The van der Waals surface area contributed by atoms with Gasteiger partial charge in [-0.2, -0.15) is 0 Å². The van der Waals surface area contributed by atoms with Crippen LogP contribution in [0.5, 0.6) is 0 Å². The summed E-state index contributed by atoms with van der Waals surface area (Å²) in [6, 6.07) is 3.93. The molecule has 0 saturated carbocycles. The molecule has 8 nitrogen and oxygen atoms in total. The van der Waals surface area contributed by atoms with Crippen LogP contribution < -0.4 is 5.32 Å². The van der Waals surface area contributed by atoms with Crippen molar-refractivity contribution in [1.82, 2.24) is 24.4 Å². The van der Waals surface area contributed by atoms with Gasteiger partial charge >= 0.3 is 0 Å². The summed E-state index contributed by atoms with van der Waals surface area (Å²) >= 11 is 0. The second kappa shape index (κ2) is 8.67. The summed E-state index contributed by atoms with van der Waals surface area (Å²) in [5, 5.41) is 3.92. The lowest BCUT2D eigenvalue weighted by molar-refractivity contribution is -0.121. The van der Waals surface area contributed by atoms with Gasteiger partial charge in [-0.25, -0.2) is 9.97 Å². The third kappa shape index (κ3) is 4.44. The number of carbonyl (C=O) groups excluding carboxylic acids is 1. The predicted molar refractivity (Wildman–Crippen MR) is 111 cm³/mol. The summed E-state index contributed by atoms with van der Waals surface area (Å²) in [6.07, 6.45) is 8.80. The van der Waals surface area contributed by atoms with E-state index in [0.717, 1.165) is 61.2 Å². The average molecular weight is 394 g/mol. The van der Waals surface area contributed by atoms with Gasteiger partial charge in [0.1, 0.15) is 5.82 Å². The number of likely N-dealkylation sites (tertiary alicyclic amines) is 1. The van der Waals surface area contributed by atoms with Crippen LogP contribution in [0.25, 0.3) is 22.2 Å². The van der Waals surface area contributed by atoms with E-state index in [1.807, 2.05) is 36.1 Å². The molecule has 4 heterocycles. The minimum Gasteiger partial charge on any atom is -0.383 e. The molecule has 1 N–H and O–H groups in total. The molecular formula is C21H26N6O2. The van der Waals surface area contributed by atoms with E-state index in [0.29, 0.717) is 5.82 Å². The molecule has 1 aliphatic rings. The smallest absolute Gasteiger partial charge is 0.228 e. The van der Waals surface area contributed by atoms with E-state index in [1.54, 1.807) is 19.6 Å². The highest BCUT2D eigenvalue weighted by Gasteiger charge is 2.25. The molecule has 4 rings (SSSR count). The number of methoxy groups -OCH3 is 1. The van der Waals surface area contributed by atoms with Crippen molar-refractivity contribution in [3.63, 3.8) is 0 Å². The Kier molecular flexibility index (Phi) is 5.82. The van der Waals surface area contributed by atoms with Gasteiger partial charge in [0.25, 0.3) is 0 Å². The highest BCUT2D eigenvalue weighted by molar-refractivity contribution is 5.94. The van der Waals surface area contributed by atoms with Gasteiger partial charge in [-0.1, -0.05) is 0 Å². The van der Waals surface area contributed by atoms with E-state index in [9.17, 15) is 4.79 Å². The molecule has 3 aromatic heterocycles. The second-order valence-corrected chi connectivity index (χ2v) is 7.47. The maximum absolute atomic E-state index is 12.7. The van der Waals surface area contributed by atoms with Crippen LogP contribution in [0.1, 0.15) is 12.8 Å². The van der Waals surface area contributed by atoms with Gasteiger partial charge in [0, 0.05) is 43.8 Å². The van der Waals surface area contributed by atoms with E-state index in [-0.39, 0.29) is 11.8 Å². The van der Waals surface area contributed by atoms with Gasteiger partial charge in [-0.15, -0.1) is 0 Å². The second-order valence-electron chi connectivity index (χ2n) is 7.47. The van der Waals surface area contributed by atoms with Crippen molar-refractivity contribution in [2.75, 3.05) is 38.7 Å². The molecule has 0 aromatic carbocycles. The summed E-state index contributed by atoms with van der Waals surface area (Å²) in [5.41, 5.74) is 2.76. The number of anilines is 1. The van der Waals surface area contributed by atoms with Crippen molar-refractivity contribution < 1.29 is 9.53 Å². The SMILES string of the molecule is COCCN1CCC(C(=O)Nc2cc3cc(-c4cncn4C)cnc3cn2)CC1. The third-order valence-corrected chi connectivity index (χ3v) is 5.50. The topological polar surface area (TPSA) is 85.2 Å². The Morgan fingerprint density at radius 2 is 2.03 bits per heavy atom. The number of hydrogen-bond acceptors (Lipinski definition) is 6. The summed E-state index contributed by atoms with van der Waals surface area (Å²) in [6.45, 7) is 3.49. The lowest BCUT2D eigenvalue weighted by Gasteiger charge is -2.30. The maximum atomic E-state index is 12.7. The van der Waals surface area contributed by atoms with Crippen LogP contribution in [0.3, 0.4) is 0 Å². The van der Waals surface area contributed by atoms with Crippen molar-refractivity contribution in [1.29, 1.82) is 0 Å². The fourth-order valence-corrected chi connectivity index (χ4v) is 3.74. The minimum atomic E-state index is 0.0187. The number of hydrogen-bond donors (Lipinski definition) is 1. The van der Waals surface area contributed by atoms with Crippen molar-refractivity contribution in [3.05, 3.63) is 37.1 Å². The number of carbonyl (C=O) groups is 1. The number of piperidine rings is 1. The number of aromatic nitrogens is 4. The fraction of sp³-hybridized carbons (Fsp3) is 0.429. The highest BCUT2D eigenvalue weighted by atomic mass is 16.5. The quantitative estimate of drug-likeness (QED) is 0.691. The van der Waals surface area contributed by atoms with Crippen LogP contribution in [0.4, 0.5) is 5.82 Å². The number of imidazole rings is 1. The van der Waals surface area contributed by atoms with Crippen LogP contribution in [-0.4, -0.2) is 63.7 Å². The predicted octanol–water partition coefficient (Wildman–Crippen LogP) is 2.33. The number of ether oxygens (including phenoxy) is 1. The van der Waals surface area contributed by atoms with Gasteiger partial charge in [0.15, 0.2) is 0 Å². The molecule has 8 heteroatoms. The first-order valence-corrected chi connectivity index (χ1v) is 9.88. The van der Waals surface area contributed by atoms with Crippen molar-refractivity contribution >= 4 is 22.6 Å². The number of aryl methyl sites for hydroxylation is 1. The van der Waals surface area contributed by atoms with Crippen LogP contribution >= 0.6 is 0 Å². The Balaban J connectivity index is 1.44. The highest BCUT2D eigenvalue weighted by Crippen LogP contribution is 2.24. The van der Waals surface area contributed by atoms with E-state index < -0.39 is 0 Å². The van der Waals surface area contributed by atoms with Gasteiger partial charge in [0.05, 0.1) is 36.5 Å². The number of pyridine rings is 2. The first-order valence-electron chi connectivity index (χ1n) is 9.88. The summed E-state index contributed by atoms with van der Waals surface area (Å²) < 4.78 is 7.08. The molecule has 0 aliphatic carbocycles.